The van der Waals surface area contributed by atoms with Gasteiger partial charge in [-0.05, 0) is 36.4 Å². The van der Waals surface area contributed by atoms with E-state index in [0.29, 0.717) is 29.0 Å². The summed E-state index contributed by atoms with van der Waals surface area (Å²) in [6, 6.07) is 9.43. The summed E-state index contributed by atoms with van der Waals surface area (Å²) in [6.45, 7) is 0. The van der Waals surface area contributed by atoms with Gasteiger partial charge in [0.2, 0.25) is 5.95 Å². The van der Waals surface area contributed by atoms with Crippen LogP contribution in [0, 0.1) is 0 Å². The highest BCUT2D eigenvalue weighted by Gasteiger charge is 2.37. The van der Waals surface area contributed by atoms with Gasteiger partial charge in [0.25, 0.3) is 0 Å². The van der Waals surface area contributed by atoms with Crippen LogP contribution in [0.3, 0.4) is 0 Å². The Morgan fingerprint density at radius 2 is 1.45 bits per heavy atom. The van der Waals surface area contributed by atoms with Crippen molar-refractivity contribution in [3.8, 4) is 0 Å². The molecule has 0 bridgehead atoms. The number of nitrogen functional groups attached to an aromatic ring is 1. The van der Waals surface area contributed by atoms with Crippen molar-refractivity contribution in [3.05, 3.63) is 72.1 Å². The average molecular weight is 464 g/mol. The van der Waals surface area contributed by atoms with Crippen LogP contribution in [-0.2, 0) is 12.4 Å². The second-order valence-corrected chi connectivity index (χ2v) is 6.92. The van der Waals surface area contributed by atoms with Crippen LogP contribution in [0.1, 0.15) is 11.1 Å². The Kier molecular flexibility index (Phi) is 5.44. The Morgan fingerprint density at radius 3 is 2.09 bits per heavy atom. The molecule has 4 N–H and O–H groups in total. The number of hydrogen-bond acceptors (Lipinski definition) is 6. The van der Waals surface area contributed by atoms with Gasteiger partial charge in [-0.25, -0.2) is 4.98 Å². The third kappa shape index (κ3) is 4.89. The Hall–Kier alpha value is -4.09. The van der Waals surface area contributed by atoms with E-state index in [9.17, 15) is 26.3 Å². The van der Waals surface area contributed by atoms with Crippen molar-refractivity contribution in [3.63, 3.8) is 0 Å². The molecule has 0 spiro atoms. The first-order chi connectivity index (χ1) is 15.5. The third-order valence-corrected chi connectivity index (χ3v) is 4.55. The van der Waals surface area contributed by atoms with E-state index in [-0.39, 0.29) is 23.2 Å². The molecule has 2 aromatic carbocycles. The molecule has 0 aliphatic heterocycles. The van der Waals surface area contributed by atoms with Crippen molar-refractivity contribution in [2.45, 2.75) is 12.4 Å². The highest BCUT2D eigenvalue weighted by molar-refractivity contribution is 5.91. The number of aromatic nitrogens is 3. The Labute approximate surface area is 182 Å². The number of pyridine rings is 1. The third-order valence-electron chi connectivity index (χ3n) is 4.55. The highest BCUT2D eigenvalue weighted by atomic mass is 19.4. The van der Waals surface area contributed by atoms with Gasteiger partial charge in [-0.2, -0.15) is 31.3 Å². The molecule has 0 saturated heterocycles. The Morgan fingerprint density at radius 1 is 0.788 bits per heavy atom. The summed E-state index contributed by atoms with van der Waals surface area (Å²) in [5, 5.41) is 5.73. The van der Waals surface area contributed by atoms with Gasteiger partial charge in [-0.1, -0.05) is 12.1 Å². The fourth-order valence-electron chi connectivity index (χ4n) is 3.02. The zero-order valence-corrected chi connectivity index (χ0v) is 16.5. The lowest BCUT2D eigenvalue weighted by atomic mass is 10.1. The van der Waals surface area contributed by atoms with E-state index >= 15 is 0 Å². The van der Waals surface area contributed by atoms with Crippen molar-refractivity contribution in [1.82, 2.24) is 15.0 Å². The maximum absolute atomic E-state index is 13.2. The van der Waals surface area contributed by atoms with E-state index in [4.69, 9.17) is 5.73 Å². The molecule has 4 rings (SSSR count). The van der Waals surface area contributed by atoms with Gasteiger partial charge < -0.3 is 16.4 Å². The summed E-state index contributed by atoms with van der Waals surface area (Å²) in [7, 11) is 0. The van der Waals surface area contributed by atoms with Crippen molar-refractivity contribution < 1.29 is 26.3 Å². The maximum Gasteiger partial charge on any atom is 0.416 e. The van der Waals surface area contributed by atoms with E-state index in [1.165, 1.54) is 18.5 Å². The number of anilines is 5. The number of nitrogens with two attached hydrogens (primary N) is 1. The van der Waals surface area contributed by atoms with Gasteiger partial charge in [0.15, 0.2) is 0 Å². The quantitative estimate of drug-likeness (QED) is 0.249. The number of benzene rings is 2. The van der Waals surface area contributed by atoms with Gasteiger partial charge in [-0.3, -0.25) is 4.98 Å². The van der Waals surface area contributed by atoms with E-state index in [1.807, 2.05) is 0 Å². The lowest BCUT2D eigenvalue weighted by Crippen LogP contribution is -2.12. The van der Waals surface area contributed by atoms with Crippen molar-refractivity contribution in [2.75, 3.05) is 16.4 Å². The highest BCUT2D eigenvalue weighted by Crippen LogP contribution is 2.38. The molecule has 4 aromatic rings. The standard InChI is InChI=1S/C21H14F6N6/c22-20(23,24)11-7-12(21(25,26)27)9-13(8-11)30-18-14-10-29-6-5-16(14)31-19(33-18)32-17-4-2-1-3-15(17)28/h1-10H,28H2,(H2,30,31,32,33). The van der Waals surface area contributed by atoms with Gasteiger partial charge in [0.1, 0.15) is 5.82 Å². The summed E-state index contributed by atoms with van der Waals surface area (Å²) >= 11 is 0. The predicted octanol–water partition coefficient (Wildman–Crippen LogP) is 6.13. The molecular weight excluding hydrogens is 450 g/mol. The Balaban J connectivity index is 1.81. The monoisotopic (exact) mass is 464 g/mol. The van der Waals surface area contributed by atoms with Crippen LogP contribution in [0.25, 0.3) is 10.9 Å². The molecule has 6 nitrogen and oxygen atoms in total. The number of hydrogen-bond donors (Lipinski definition) is 3. The zero-order chi connectivity index (χ0) is 23.8. The fourth-order valence-corrected chi connectivity index (χ4v) is 3.02. The van der Waals surface area contributed by atoms with Crippen LogP contribution < -0.4 is 16.4 Å². The maximum atomic E-state index is 13.2. The minimum atomic E-state index is -4.98. The largest absolute Gasteiger partial charge is 0.416 e. The molecule has 0 atom stereocenters. The molecule has 170 valence electrons. The number of nitrogens with zero attached hydrogens (tertiary/aromatic N) is 3. The molecule has 0 fully saturated rings. The molecule has 0 radical (unpaired) electrons. The van der Waals surface area contributed by atoms with E-state index in [2.05, 4.69) is 25.6 Å². The van der Waals surface area contributed by atoms with Gasteiger partial charge in [-0.15, -0.1) is 0 Å². The first-order valence-corrected chi connectivity index (χ1v) is 9.30. The number of halogens is 6. The topological polar surface area (TPSA) is 88.8 Å². The molecule has 33 heavy (non-hydrogen) atoms. The van der Waals surface area contributed by atoms with Gasteiger partial charge in [0, 0.05) is 18.1 Å². The van der Waals surface area contributed by atoms with E-state index in [1.54, 1.807) is 24.3 Å². The van der Waals surface area contributed by atoms with Crippen molar-refractivity contribution in [2.24, 2.45) is 0 Å². The SMILES string of the molecule is Nc1ccccc1Nc1nc(Nc2cc(C(F)(F)F)cc(C(F)(F)F)c2)c2cnccc2n1. The minimum absolute atomic E-state index is 0.0251. The average Bonchev–Trinajstić information content (AvgIpc) is 2.74. The normalized spacial score (nSPS) is 12.1. The number of alkyl halides is 6. The van der Waals surface area contributed by atoms with Crippen LogP contribution in [-0.4, -0.2) is 15.0 Å². The van der Waals surface area contributed by atoms with Crippen LogP contribution in [0.4, 0.5) is 55.2 Å². The smallest absolute Gasteiger partial charge is 0.397 e. The second kappa shape index (κ2) is 8.11. The molecular formula is C21H14F6N6. The van der Waals surface area contributed by atoms with Gasteiger partial charge in [0.05, 0.1) is 33.4 Å². The lowest BCUT2D eigenvalue weighted by molar-refractivity contribution is -0.143. The summed E-state index contributed by atoms with van der Waals surface area (Å²) in [4.78, 5) is 12.5. The van der Waals surface area contributed by atoms with Crippen molar-refractivity contribution in [1.29, 1.82) is 0 Å². The van der Waals surface area contributed by atoms with Crippen LogP contribution >= 0.6 is 0 Å². The Bertz CT molecular complexity index is 1290. The van der Waals surface area contributed by atoms with Crippen LogP contribution in [0.2, 0.25) is 0 Å². The molecule has 2 heterocycles. The molecule has 0 saturated carbocycles. The second-order valence-electron chi connectivity index (χ2n) is 6.92. The fraction of sp³-hybridized carbons (Fsp3) is 0.0952. The van der Waals surface area contributed by atoms with Crippen molar-refractivity contribution >= 4 is 39.7 Å². The van der Waals surface area contributed by atoms with Crippen LogP contribution in [0.15, 0.2) is 60.9 Å². The first kappa shape index (κ1) is 22.1. The zero-order valence-electron chi connectivity index (χ0n) is 16.5. The van der Waals surface area contributed by atoms with E-state index < -0.39 is 29.2 Å². The first-order valence-electron chi connectivity index (χ1n) is 9.30. The molecule has 0 aliphatic rings. The lowest BCUT2D eigenvalue weighted by Gasteiger charge is -2.16. The number of fused-ring (bicyclic) bond motifs is 1. The van der Waals surface area contributed by atoms with Crippen LogP contribution in [0.5, 0.6) is 0 Å². The molecule has 0 unspecified atom stereocenters. The molecule has 0 amide bonds. The molecule has 12 heteroatoms. The summed E-state index contributed by atoms with van der Waals surface area (Å²) in [5.74, 6) is -0.0188. The summed E-state index contributed by atoms with van der Waals surface area (Å²) in [6.07, 6.45) is -7.18. The molecule has 0 aliphatic carbocycles. The number of para-hydroxylation sites is 2. The summed E-state index contributed by atoms with van der Waals surface area (Å²) < 4.78 is 79.3. The summed E-state index contributed by atoms with van der Waals surface area (Å²) in [5.41, 5.74) is 3.75. The number of nitrogens with one attached hydrogen (secondary N) is 2. The van der Waals surface area contributed by atoms with Gasteiger partial charge >= 0.3 is 12.4 Å². The molecule has 2 aromatic heterocycles. The predicted molar refractivity (Wildman–Crippen MR) is 111 cm³/mol. The number of rotatable bonds is 4. The van der Waals surface area contributed by atoms with E-state index in [0.717, 1.165) is 0 Å². The minimum Gasteiger partial charge on any atom is -0.397 e.